The summed E-state index contributed by atoms with van der Waals surface area (Å²) in [5.74, 6) is 0.380. The van der Waals surface area contributed by atoms with Crippen LogP contribution in [0.2, 0.25) is 0 Å². The van der Waals surface area contributed by atoms with E-state index in [1.807, 2.05) is 56.3 Å². The number of H-pyrrole nitrogens is 1. The van der Waals surface area contributed by atoms with E-state index in [1.165, 1.54) is 7.05 Å². The van der Waals surface area contributed by atoms with Crippen molar-refractivity contribution < 1.29 is 14.7 Å². The zero-order valence-electron chi connectivity index (χ0n) is 21.4. The number of hydrogen-bond acceptors (Lipinski definition) is 5. The van der Waals surface area contributed by atoms with E-state index in [0.29, 0.717) is 12.4 Å². The molecule has 196 valence electrons. The topological polar surface area (TPSA) is 115 Å². The number of halogens is 1. The SMILES string of the molecule is CC(C)[C@@H](C(=O)N1CCC[C@H]1c1ncc(-c2ccc(-c3cnc4cc(Br)ccc4n3)cc2)[nH]1)N(C)C(=O)O. The van der Waals surface area contributed by atoms with Gasteiger partial charge in [0.2, 0.25) is 5.91 Å². The molecule has 10 heteroatoms. The summed E-state index contributed by atoms with van der Waals surface area (Å²) in [6, 6.07) is 12.9. The van der Waals surface area contributed by atoms with Crippen LogP contribution in [0.1, 0.15) is 38.6 Å². The maximum atomic E-state index is 13.4. The van der Waals surface area contributed by atoms with Gasteiger partial charge in [-0.25, -0.2) is 14.8 Å². The third-order valence-corrected chi connectivity index (χ3v) is 7.54. The van der Waals surface area contributed by atoms with Crippen LogP contribution in [0.15, 0.2) is 59.3 Å². The number of likely N-dealkylation sites (N-methyl/N-ethyl adjacent to an activating group) is 1. The summed E-state index contributed by atoms with van der Waals surface area (Å²) in [5, 5.41) is 9.48. The highest BCUT2D eigenvalue weighted by molar-refractivity contribution is 9.10. The molecule has 0 saturated carbocycles. The van der Waals surface area contributed by atoms with Gasteiger partial charge >= 0.3 is 6.09 Å². The summed E-state index contributed by atoms with van der Waals surface area (Å²) in [6.07, 6.45) is 4.06. The molecule has 1 saturated heterocycles. The molecule has 2 atom stereocenters. The fraction of sp³-hybridized carbons (Fsp3) is 0.321. The number of nitrogens with one attached hydrogen (secondary N) is 1. The van der Waals surface area contributed by atoms with Crippen LogP contribution in [-0.2, 0) is 4.79 Å². The van der Waals surface area contributed by atoms with E-state index in [1.54, 1.807) is 17.3 Å². The summed E-state index contributed by atoms with van der Waals surface area (Å²) in [5.41, 5.74) is 5.23. The van der Waals surface area contributed by atoms with Crippen LogP contribution in [0.4, 0.5) is 4.79 Å². The Kier molecular flexibility index (Phi) is 7.16. The first-order valence-electron chi connectivity index (χ1n) is 12.6. The van der Waals surface area contributed by atoms with Crippen LogP contribution >= 0.6 is 15.9 Å². The number of fused-ring (bicyclic) bond motifs is 1. The Labute approximate surface area is 229 Å². The summed E-state index contributed by atoms with van der Waals surface area (Å²) in [4.78, 5) is 45.2. The molecule has 0 unspecified atom stereocenters. The summed E-state index contributed by atoms with van der Waals surface area (Å²) in [6.45, 7) is 4.31. The molecule has 38 heavy (non-hydrogen) atoms. The lowest BCUT2D eigenvalue weighted by Crippen LogP contribution is -2.51. The van der Waals surface area contributed by atoms with Crippen LogP contribution in [0, 0.1) is 5.92 Å². The molecule has 9 nitrogen and oxygen atoms in total. The molecule has 0 bridgehead atoms. The lowest BCUT2D eigenvalue weighted by molar-refractivity contribution is -0.138. The van der Waals surface area contributed by atoms with Gasteiger partial charge in [-0.1, -0.05) is 54.0 Å². The maximum Gasteiger partial charge on any atom is 0.407 e. The Morgan fingerprint density at radius 3 is 2.53 bits per heavy atom. The van der Waals surface area contributed by atoms with Gasteiger partial charge < -0.3 is 15.0 Å². The van der Waals surface area contributed by atoms with E-state index in [2.05, 4.69) is 30.9 Å². The Bertz CT molecular complexity index is 1490. The van der Waals surface area contributed by atoms with E-state index in [9.17, 15) is 14.7 Å². The van der Waals surface area contributed by atoms with Crippen molar-refractivity contribution in [1.29, 1.82) is 0 Å². The Balaban J connectivity index is 1.35. The van der Waals surface area contributed by atoms with Gasteiger partial charge in [0, 0.05) is 23.6 Å². The number of carbonyl (C=O) groups excluding carboxylic acids is 1. The molecule has 1 aliphatic heterocycles. The molecule has 2 aromatic carbocycles. The second kappa shape index (κ2) is 10.5. The van der Waals surface area contributed by atoms with Gasteiger partial charge in [-0.2, -0.15) is 0 Å². The average molecular weight is 577 g/mol. The number of likely N-dealkylation sites (tertiary alicyclic amines) is 1. The van der Waals surface area contributed by atoms with Crippen LogP contribution in [-0.4, -0.2) is 66.5 Å². The standard InChI is InChI=1S/C28H29BrN6O3/c1-16(2)25(34(3)28(37)38)27(36)35-12-4-5-24(35)26-31-15-23(33-26)18-8-6-17(7-9-18)22-14-30-21-13-19(29)10-11-20(21)32-22/h6-11,13-16,24-25H,4-5,12H2,1-3H3,(H,31,33)(H,37,38)/t24-,25-/m0/s1. The third kappa shape index (κ3) is 5.00. The quantitative estimate of drug-likeness (QED) is 0.302. The number of amides is 2. The fourth-order valence-electron chi connectivity index (χ4n) is 5.10. The Morgan fingerprint density at radius 1 is 1.08 bits per heavy atom. The molecule has 2 aromatic heterocycles. The molecule has 5 rings (SSSR count). The minimum Gasteiger partial charge on any atom is -0.465 e. The molecular weight excluding hydrogens is 548 g/mol. The molecule has 4 aromatic rings. The molecule has 0 radical (unpaired) electrons. The largest absolute Gasteiger partial charge is 0.465 e. The number of aromatic amines is 1. The van der Waals surface area contributed by atoms with E-state index >= 15 is 0 Å². The number of benzene rings is 2. The van der Waals surface area contributed by atoms with Gasteiger partial charge in [-0.3, -0.25) is 14.7 Å². The van der Waals surface area contributed by atoms with Gasteiger partial charge in [-0.15, -0.1) is 0 Å². The number of hydrogen-bond donors (Lipinski definition) is 2. The van der Waals surface area contributed by atoms with Crippen LogP contribution in [0.3, 0.4) is 0 Å². The van der Waals surface area contributed by atoms with Crippen LogP contribution in [0.25, 0.3) is 33.5 Å². The minimum atomic E-state index is -1.11. The lowest BCUT2D eigenvalue weighted by atomic mass is 10.0. The lowest BCUT2D eigenvalue weighted by Gasteiger charge is -2.33. The molecule has 3 heterocycles. The molecule has 0 spiro atoms. The first kappa shape index (κ1) is 25.8. The summed E-state index contributed by atoms with van der Waals surface area (Å²) < 4.78 is 0.966. The third-order valence-electron chi connectivity index (χ3n) is 7.05. The van der Waals surface area contributed by atoms with Gasteiger partial charge in [0.25, 0.3) is 0 Å². The highest BCUT2D eigenvalue weighted by Gasteiger charge is 2.39. The number of imidazole rings is 1. The second-order valence-corrected chi connectivity index (χ2v) is 10.8. The number of carbonyl (C=O) groups is 2. The Morgan fingerprint density at radius 2 is 1.82 bits per heavy atom. The fourth-order valence-corrected chi connectivity index (χ4v) is 5.45. The normalized spacial score (nSPS) is 16.2. The van der Waals surface area contributed by atoms with Gasteiger partial charge in [0.05, 0.1) is 40.9 Å². The first-order valence-corrected chi connectivity index (χ1v) is 13.4. The van der Waals surface area contributed by atoms with Crippen LogP contribution < -0.4 is 0 Å². The minimum absolute atomic E-state index is 0.148. The zero-order chi connectivity index (χ0) is 27.0. The second-order valence-electron chi connectivity index (χ2n) is 9.92. The predicted octanol–water partition coefficient (Wildman–Crippen LogP) is 5.75. The van der Waals surface area contributed by atoms with Crippen molar-refractivity contribution in [2.75, 3.05) is 13.6 Å². The molecular formula is C28H29BrN6O3. The molecule has 2 amide bonds. The number of nitrogens with zero attached hydrogens (tertiary/aromatic N) is 5. The van der Waals surface area contributed by atoms with Crippen molar-refractivity contribution in [3.8, 4) is 22.5 Å². The average Bonchev–Trinajstić information content (AvgIpc) is 3.58. The highest BCUT2D eigenvalue weighted by atomic mass is 79.9. The van der Waals surface area contributed by atoms with Crippen molar-refractivity contribution in [3.63, 3.8) is 0 Å². The van der Waals surface area contributed by atoms with E-state index in [-0.39, 0.29) is 17.9 Å². The predicted molar refractivity (Wildman–Crippen MR) is 148 cm³/mol. The van der Waals surface area contributed by atoms with Crippen molar-refractivity contribution in [1.82, 2.24) is 29.7 Å². The summed E-state index contributed by atoms with van der Waals surface area (Å²) >= 11 is 3.46. The van der Waals surface area contributed by atoms with Crippen molar-refractivity contribution in [2.45, 2.75) is 38.8 Å². The molecule has 0 aliphatic carbocycles. The monoisotopic (exact) mass is 576 g/mol. The van der Waals surface area contributed by atoms with Gasteiger partial charge in [-0.05, 0) is 42.5 Å². The van der Waals surface area contributed by atoms with Crippen molar-refractivity contribution >= 4 is 39.0 Å². The van der Waals surface area contributed by atoms with E-state index in [4.69, 9.17) is 4.98 Å². The van der Waals surface area contributed by atoms with Gasteiger partial charge in [0.15, 0.2) is 0 Å². The molecule has 2 N–H and O–H groups in total. The van der Waals surface area contributed by atoms with E-state index in [0.717, 1.165) is 55.8 Å². The zero-order valence-corrected chi connectivity index (χ0v) is 23.0. The van der Waals surface area contributed by atoms with E-state index < -0.39 is 12.1 Å². The molecule has 1 aliphatic rings. The van der Waals surface area contributed by atoms with Gasteiger partial charge in [0.1, 0.15) is 11.9 Å². The number of rotatable bonds is 6. The molecule has 1 fully saturated rings. The Hall–Kier alpha value is -3.79. The van der Waals surface area contributed by atoms with Crippen molar-refractivity contribution in [2.24, 2.45) is 5.92 Å². The maximum absolute atomic E-state index is 13.4. The van der Waals surface area contributed by atoms with Crippen LogP contribution in [0.5, 0.6) is 0 Å². The van der Waals surface area contributed by atoms with Crippen molar-refractivity contribution in [3.05, 3.63) is 65.2 Å². The number of carboxylic acid groups (broad SMARTS) is 1. The first-order chi connectivity index (χ1) is 18.2. The number of aromatic nitrogens is 4. The highest BCUT2D eigenvalue weighted by Crippen LogP contribution is 2.33. The smallest absolute Gasteiger partial charge is 0.407 e. The summed E-state index contributed by atoms with van der Waals surface area (Å²) in [7, 11) is 1.45.